The topological polar surface area (TPSA) is 113 Å². The van der Waals surface area contributed by atoms with Crippen molar-refractivity contribution in [3.05, 3.63) is 123 Å². The van der Waals surface area contributed by atoms with Gasteiger partial charge in [0.2, 0.25) is 5.82 Å². The van der Waals surface area contributed by atoms with Crippen LogP contribution in [-0.2, 0) is 0 Å². The van der Waals surface area contributed by atoms with Crippen molar-refractivity contribution in [1.29, 1.82) is 0 Å². The van der Waals surface area contributed by atoms with Crippen LogP contribution in [0.1, 0.15) is 31.1 Å². The highest BCUT2D eigenvalue weighted by atomic mass is 19.2. The molecule has 5 rings (SSSR count). The van der Waals surface area contributed by atoms with E-state index in [1.54, 1.807) is 0 Å². The zero-order valence-electron chi connectivity index (χ0n) is 22.8. The Labute approximate surface area is 245 Å². The van der Waals surface area contributed by atoms with Crippen LogP contribution in [-0.4, -0.2) is 38.0 Å². The number of carbonyl (C=O) groups is 3. The molecule has 0 aromatic heterocycles. The molecule has 5 aromatic rings. The molecule has 0 fully saturated rings. The van der Waals surface area contributed by atoms with Gasteiger partial charge in [0.15, 0.2) is 53.6 Å². The van der Waals surface area contributed by atoms with E-state index >= 15 is 0 Å². The van der Waals surface area contributed by atoms with Gasteiger partial charge in [-0.1, -0.05) is 48.5 Å². The van der Waals surface area contributed by atoms with E-state index in [0.29, 0.717) is 6.29 Å². The number of nitro groups is 1. The molecule has 226 valence electrons. The Morgan fingerprint density at radius 1 is 0.614 bits per heavy atom. The van der Waals surface area contributed by atoms with E-state index in [1.165, 1.54) is 25.7 Å². The fourth-order valence-electron chi connectivity index (χ4n) is 4.04. The number of nitrogens with zero attached hydrogens (tertiary/aromatic N) is 1. The second-order valence-electron chi connectivity index (χ2n) is 8.59. The normalized spacial score (nSPS) is 10.2. The van der Waals surface area contributed by atoms with Crippen molar-refractivity contribution < 1.29 is 50.7 Å². The van der Waals surface area contributed by atoms with Crippen molar-refractivity contribution in [2.24, 2.45) is 0 Å². The summed E-state index contributed by atoms with van der Waals surface area (Å²) in [6, 6.07) is 20.5. The highest BCUT2D eigenvalue weighted by molar-refractivity contribution is 6.13. The number of hydrogen-bond donors (Lipinski definition) is 0. The third kappa shape index (κ3) is 6.67. The molecule has 13 heteroatoms. The van der Waals surface area contributed by atoms with E-state index in [0.717, 1.165) is 34.1 Å². The van der Waals surface area contributed by atoms with Crippen LogP contribution in [0.2, 0.25) is 0 Å². The van der Waals surface area contributed by atoms with Crippen LogP contribution >= 0.6 is 0 Å². The number of carbonyl (C=O) groups excluding carboxylic acids is 3. The summed E-state index contributed by atoms with van der Waals surface area (Å²) in [5.74, 6) is -10.3. The predicted octanol–water partition coefficient (Wildman–Crippen LogP) is 7.42. The third-order valence-electron chi connectivity index (χ3n) is 6.15. The minimum atomic E-state index is -2.28. The summed E-state index contributed by atoms with van der Waals surface area (Å²) in [6.45, 7) is 0. The zero-order valence-corrected chi connectivity index (χ0v) is 22.8. The Hall–Kier alpha value is -5.72. The number of aldehydes is 3. The number of halogens is 5. The summed E-state index contributed by atoms with van der Waals surface area (Å²) in [5.41, 5.74) is -1.05. The average molecular weight is 613 g/mol. The lowest BCUT2D eigenvalue weighted by Crippen LogP contribution is -2.05. The molecule has 44 heavy (non-hydrogen) atoms. The smallest absolute Gasteiger partial charge is 0.283 e. The largest absolute Gasteiger partial charge is 0.493 e. The molecule has 0 bridgehead atoms. The zero-order chi connectivity index (χ0) is 32.6. The Bertz CT molecular complexity index is 1870. The van der Waals surface area contributed by atoms with E-state index in [-0.39, 0.29) is 22.7 Å². The van der Waals surface area contributed by atoms with Crippen LogP contribution in [0, 0.1) is 39.2 Å². The van der Waals surface area contributed by atoms with Crippen LogP contribution in [0.25, 0.3) is 21.5 Å². The van der Waals surface area contributed by atoms with E-state index in [4.69, 9.17) is 9.47 Å². The van der Waals surface area contributed by atoms with Crippen molar-refractivity contribution in [3.8, 4) is 11.5 Å². The molecule has 0 saturated carbocycles. The molecule has 0 radical (unpaired) electrons. The van der Waals surface area contributed by atoms with Crippen LogP contribution < -0.4 is 9.47 Å². The lowest BCUT2D eigenvalue weighted by atomic mass is 9.98. The maximum Gasteiger partial charge on any atom is 0.283 e. The van der Waals surface area contributed by atoms with Crippen molar-refractivity contribution in [1.82, 2.24) is 0 Å². The second-order valence-corrected chi connectivity index (χ2v) is 8.59. The van der Waals surface area contributed by atoms with E-state index in [9.17, 15) is 46.5 Å². The standard InChI is InChI=1S/C15H10O.C9H9NO5.C7HF5O/c16-10-12-9-11-5-1-2-6-13(11)15-8-4-3-7-14(12)15;1-14-8-3-6(5-11)7(10(12)13)4-9(8)15-2;8-3-2(1-13)4(9)6(11)7(12)5(3)10/h1-10H;3-5H,1-2H3;1H. The predicted molar refractivity (Wildman–Crippen MR) is 150 cm³/mol. The summed E-state index contributed by atoms with van der Waals surface area (Å²) < 4.78 is 71.5. The summed E-state index contributed by atoms with van der Waals surface area (Å²) in [4.78, 5) is 41.5. The van der Waals surface area contributed by atoms with Crippen molar-refractivity contribution >= 4 is 46.1 Å². The SMILES string of the molecule is COc1cc(C=O)c([N+](=O)[O-])cc1OC.O=Cc1c(F)c(F)c(F)c(F)c1F.O=Cc1cc2ccccc2c2ccccc12. The lowest BCUT2D eigenvalue weighted by molar-refractivity contribution is -0.385. The van der Waals surface area contributed by atoms with Crippen LogP contribution in [0.3, 0.4) is 0 Å². The van der Waals surface area contributed by atoms with Crippen LogP contribution in [0.4, 0.5) is 27.6 Å². The Morgan fingerprint density at radius 2 is 1.09 bits per heavy atom. The Morgan fingerprint density at radius 3 is 1.59 bits per heavy atom. The molecule has 0 amide bonds. The van der Waals surface area contributed by atoms with Gasteiger partial charge >= 0.3 is 0 Å². The monoisotopic (exact) mass is 613 g/mol. The molecule has 0 aliphatic heterocycles. The van der Waals surface area contributed by atoms with Gasteiger partial charge in [-0.05, 0) is 27.6 Å². The first-order valence-electron chi connectivity index (χ1n) is 12.2. The number of benzene rings is 5. The van der Waals surface area contributed by atoms with Gasteiger partial charge in [-0.25, -0.2) is 22.0 Å². The number of rotatable bonds is 6. The molecule has 0 heterocycles. The molecule has 0 aliphatic carbocycles. The van der Waals surface area contributed by atoms with Crippen LogP contribution in [0.15, 0.2) is 66.7 Å². The molecular formula is C31H20F5NO7. The van der Waals surface area contributed by atoms with Gasteiger partial charge in [0.1, 0.15) is 0 Å². The number of fused-ring (bicyclic) bond motifs is 3. The quantitative estimate of drug-likeness (QED) is 0.0372. The van der Waals surface area contributed by atoms with Gasteiger partial charge < -0.3 is 9.47 Å². The first-order valence-corrected chi connectivity index (χ1v) is 12.2. The first-order chi connectivity index (χ1) is 21.0. The Kier molecular flexibility index (Phi) is 10.8. The molecular weight excluding hydrogens is 593 g/mol. The first kappa shape index (κ1) is 32.8. The molecule has 0 spiro atoms. The highest BCUT2D eigenvalue weighted by Gasteiger charge is 2.25. The number of nitro benzene ring substituents is 1. The molecule has 0 aliphatic rings. The van der Waals surface area contributed by atoms with Gasteiger partial charge in [-0.3, -0.25) is 24.5 Å². The van der Waals surface area contributed by atoms with Gasteiger partial charge in [0.25, 0.3) is 5.69 Å². The molecule has 8 nitrogen and oxygen atoms in total. The molecule has 0 N–H and O–H groups in total. The molecule has 0 unspecified atom stereocenters. The van der Waals surface area contributed by atoms with Crippen molar-refractivity contribution in [3.63, 3.8) is 0 Å². The highest BCUT2D eigenvalue weighted by Crippen LogP contribution is 2.33. The molecule has 0 saturated heterocycles. The average Bonchev–Trinajstić information content (AvgIpc) is 3.06. The molecule has 0 atom stereocenters. The maximum atomic E-state index is 12.5. The van der Waals surface area contributed by atoms with Gasteiger partial charge in [0, 0.05) is 11.6 Å². The number of hydrogen-bond acceptors (Lipinski definition) is 7. The molecule has 5 aromatic carbocycles. The second kappa shape index (κ2) is 14.4. The van der Waals surface area contributed by atoms with Gasteiger partial charge in [0.05, 0.1) is 36.3 Å². The Balaban J connectivity index is 0.000000182. The van der Waals surface area contributed by atoms with E-state index in [1.807, 2.05) is 42.5 Å². The summed E-state index contributed by atoms with van der Waals surface area (Å²) >= 11 is 0. The third-order valence-corrected chi connectivity index (χ3v) is 6.15. The van der Waals surface area contributed by atoms with Crippen LogP contribution in [0.5, 0.6) is 11.5 Å². The maximum absolute atomic E-state index is 12.5. The summed E-state index contributed by atoms with van der Waals surface area (Å²) in [5, 5.41) is 15.1. The summed E-state index contributed by atoms with van der Waals surface area (Å²) in [7, 11) is 2.75. The van der Waals surface area contributed by atoms with Crippen molar-refractivity contribution in [2.75, 3.05) is 14.2 Å². The lowest BCUT2D eigenvalue weighted by Gasteiger charge is -2.07. The fourth-order valence-corrected chi connectivity index (χ4v) is 4.04. The number of ether oxygens (including phenoxy) is 2. The van der Waals surface area contributed by atoms with Gasteiger partial charge in [-0.15, -0.1) is 0 Å². The number of methoxy groups -OCH3 is 2. The van der Waals surface area contributed by atoms with Crippen molar-refractivity contribution in [2.45, 2.75) is 0 Å². The van der Waals surface area contributed by atoms with Gasteiger partial charge in [-0.2, -0.15) is 0 Å². The minimum absolute atomic E-state index is 0.0438. The van der Waals surface area contributed by atoms with E-state index < -0.39 is 45.9 Å². The summed E-state index contributed by atoms with van der Waals surface area (Å²) in [6.07, 6.45) is 0.894. The van der Waals surface area contributed by atoms with E-state index in [2.05, 4.69) is 12.1 Å². The fraction of sp³-hybridized carbons (Fsp3) is 0.0645. The minimum Gasteiger partial charge on any atom is -0.493 e.